The standard InChI is InChI=1S/C13H19BrN4/c14-10-11(9-5-6-9)16-13(17-12(10)15)18-7-3-1-2-4-8-18/h9H,1-8H2,(H2,15,16,17). The lowest BCUT2D eigenvalue weighted by molar-refractivity contribution is 0.726. The second kappa shape index (κ2) is 5.03. The molecular formula is C13H19BrN4. The molecule has 2 fully saturated rings. The van der Waals surface area contributed by atoms with Gasteiger partial charge in [-0.3, -0.25) is 0 Å². The van der Waals surface area contributed by atoms with Gasteiger partial charge in [-0.25, -0.2) is 4.98 Å². The van der Waals surface area contributed by atoms with Crippen LogP contribution in [0.25, 0.3) is 0 Å². The molecule has 5 heteroatoms. The van der Waals surface area contributed by atoms with Crippen LogP contribution in [0, 0.1) is 0 Å². The Kier molecular flexibility index (Phi) is 3.41. The summed E-state index contributed by atoms with van der Waals surface area (Å²) in [7, 11) is 0. The van der Waals surface area contributed by atoms with Gasteiger partial charge in [0.1, 0.15) is 5.82 Å². The lowest BCUT2D eigenvalue weighted by Gasteiger charge is -2.21. The van der Waals surface area contributed by atoms with Crippen molar-refractivity contribution in [2.24, 2.45) is 0 Å². The van der Waals surface area contributed by atoms with E-state index in [0.717, 1.165) is 29.2 Å². The first-order chi connectivity index (χ1) is 8.75. The Balaban J connectivity index is 1.90. The van der Waals surface area contributed by atoms with Crippen LogP contribution in [0.3, 0.4) is 0 Å². The summed E-state index contributed by atoms with van der Waals surface area (Å²) in [6, 6.07) is 0. The molecule has 1 aromatic heterocycles. The largest absolute Gasteiger partial charge is 0.383 e. The van der Waals surface area contributed by atoms with Gasteiger partial charge in [0.25, 0.3) is 0 Å². The molecular weight excluding hydrogens is 292 g/mol. The summed E-state index contributed by atoms with van der Waals surface area (Å²) in [5.74, 6) is 2.01. The summed E-state index contributed by atoms with van der Waals surface area (Å²) < 4.78 is 0.906. The number of halogens is 1. The molecule has 2 N–H and O–H groups in total. The van der Waals surface area contributed by atoms with Gasteiger partial charge >= 0.3 is 0 Å². The third-order valence-corrected chi connectivity index (χ3v) is 4.56. The molecule has 2 aliphatic rings. The molecule has 0 spiro atoms. The van der Waals surface area contributed by atoms with Gasteiger partial charge < -0.3 is 10.6 Å². The molecule has 0 amide bonds. The van der Waals surface area contributed by atoms with Crippen LogP contribution in [0.15, 0.2) is 4.47 Å². The van der Waals surface area contributed by atoms with E-state index in [0.29, 0.717) is 11.7 Å². The molecule has 3 rings (SSSR count). The van der Waals surface area contributed by atoms with E-state index in [4.69, 9.17) is 10.7 Å². The number of hydrogen-bond acceptors (Lipinski definition) is 4. The molecule has 1 aromatic rings. The highest BCUT2D eigenvalue weighted by atomic mass is 79.9. The molecule has 18 heavy (non-hydrogen) atoms. The minimum atomic E-state index is 0.589. The van der Waals surface area contributed by atoms with E-state index in [9.17, 15) is 0 Å². The lowest BCUT2D eigenvalue weighted by Crippen LogP contribution is -2.26. The quantitative estimate of drug-likeness (QED) is 0.912. The first-order valence-corrected chi connectivity index (χ1v) is 7.63. The third kappa shape index (κ3) is 2.46. The first-order valence-electron chi connectivity index (χ1n) is 6.83. The molecule has 0 unspecified atom stereocenters. The summed E-state index contributed by atoms with van der Waals surface area (Å²) in [6.07, 6.45) is 7.56. The summed E-state index contributed by atoms with van der Waals surface area (Å²) >= 11 is 3.53. The molecule has 1 saturated carbocycles. The van der Waals surface area contributed by atoms with Gasteiger partial charge in [0, 0.05) is 19.0 Å². The van der Waals surface area contributed by atoms with E-state index < -0.39 is 0 Å². The summed E-state index contributed by atoms with van der Waals surface area (Å²) in [4.78, 5) is 11.5. The predicted molar refractivity (Wildman–Crippen MR) is 76.8 cm³/mol. The summed E-state index contributed by atoms with van der Waals surface area (Å²) in [5.41, 5.74) is 7.12. The SMILES string of the molecule is Nc1nc(N2CCCCCC2)nc(C2CC2)c1Br. The molecule has 0 radical (unpaired) electrons. The molecule has 98 valence electrons. The molecule has 0 aromatic carbocycles. The van der Waals surface area contributed by atoms with E-state index in [1.165, 1.54) is 38.5 Å². The second-order valence-electron chi connectivity index (χ2n) is 5.28. The fourth-order valence-corrected chi connectivity index (χ4v) is 3.01. The predicted octanol–water partition coefficient (Wildman–Crippen LogP) is 3.08. The van der Waals surface area contributed by atoms with Gasteiger partial charge in [-0.05, 0) is 41.6 Å². The number of nitrogens with zero attached hydrogens (tertiary/aromatic N) is 3. The van der Waals surface area contributed by atoms with E-state index in [2.05, 4.69) is 25.8 Å². The van der Waals surface area contributed by atoms with Gasteiger partial charge in [-0.2, -0.15) is 4.98 Å². The number of rotatable bonds is 2. The van der Waals surface area contributed by atoms with Gasteiger partial charge in [0.15, 0.2) is 0 Å². The van der Waals surface area contributed by atoms with E-state index >= 15 is 0 Å². The van der Waals surface area contributed by atoms with Crippen molar-refractivity contribution in [3.8, 4) is 0 Å². The first kappa shape index (κ1) is 12.2. The van der Waals surface area contributed by atoms with Gasteiger partial charge in [-0.1, -0.05) is 12.8 Å². The molecule has 1 aliphatic carbocycles. The van der Waals surface area contributed by atoms with Crippen molar-refractivity contribution in [3.05, 3.63) is 10.2 Å². The third-order valence-electron chi connectivity index (χ3n) is 3.74. The van der Waals surface area contributed by atoms with Crippen molar-refractivity contribution < 1.29 is 0 Å². The molecule has 4 nitrogen and oxygen atoms in total. The minimum absolute atomic E-state index is 0.589. The topological polar surface area (TPSA) is 55.0 Å². The maximum Gasteiger partial charge on any atom is 0.227 e. The Hall–Kier alpha value is -0.840. The van der Waals surface area contributed by atoms with Crippen LogP contribution in [0.4, 0.5) is 11.8 Å². The summed E-state index contributed by atoms with van der Waals surface area (Å²) in [6.45, 7) is 2.12. The number of nitrogen functional groups attached to an aromatic ring is 1. The number of aromatic nitrogens is 2. The maximum absolute atomic E-state index is 6.01. The molecule has 0 atom stereocenters. The highest BCUT2D eigenvalue weighted by Crippen LogP contribution is 2.44. The molecule has 1 aliphatic heterocycles. The van der Waals surface area contributed by atoms with Crippen LogP contribution in [0.1, 0.15) is 50.1 Å². The van der Waals surface area contributed by atoms with E-state index in [-0.39, 0.29) is 0 Å². The summed E-state index contributed by atoms with van der Waals surface area (Å²) in [5, 5.41) is 0. The van der Waals surface area contributed by atoms with Crippen molar-refractivity contribution >= 4 is 27.7 Å². The van der Waals surface area contributed by atoms with E-state index in [1.54, 1.807) is 0 Å². The van der Waals surface area contributed by atoms with Crippen LogP contribution in [0.5, 0.6) is 0 Å². The Morgan fingerprint density at radius 2 is 1.72 bits per heavy atom. The number of hydrogen-bond donors (Lipinski definition) is 1. The minimum Gasteiger partial charge on any atom is -0.383 e. The Morgan fingerprint density at radius 3 is 2.33 bits per heavy atom. The van der Waals surface area contributed by atoms with Gasteiger partial charge in [0.2, 0.25) is 5.95 Å². The van der Waals surface area contributed by atoms with Gasteiger partial charge in [0.05, 0.1) is 10.2 Å². The van der Waals surface area contributed by atoms with Crippen molar-refractivity contribution in [3.63, 3.8) is 0 Å². The van der Waals surface area contributed by atoms with Crippen LogP contribution in [-0.4, -0.2) is 23.1 Å². The number of nitrogens with two attached hydrogens (primary N) is 1. The normalized spacial score (nSPS) is 20.8. The monoisotopic (exact) mass is 310 g/mol. The second-order valence-corrected chi connectivity index (χ2v) is 6.08. The Labute approximate surface area is 116 Å². The zero-order valence-corrected chi connectivity index (χ0v) is 12.1. The maximum atomic E-state index is 6.01. The average molecular weight is 311 g/mol. The van der Waals surface area contributed by atoms with Crippen LogP contribution >= 0.6 is 15.9 Å². The molecule has 2 heterocycles. The van der Waals surface area contributed by atoms with E-state index in [1.807, 2.05) is 0 Å². The van der Waals surface area contributed by atoms with Crippen molar-refractivity contribution in [1.29, 1.82) is 0 Å². The van der Waals surface area contributed by atoms with Crippen molar-refractivity contribution in [1.82, 2.24) is 9.97 Å². The van der Waals surface area contributed by atoms with Crippen LogP contribution < -0.4 is 10.6 Å². The fourth-order valence-electron chi connectivity index (χ4n) is 2.51. The molecule has 0 bridgehead atoms. The zero-order valence-electron chi connectivity index (χ0n) is 10.5. The molecule has 1 saturated heterocycles. The van der Waals surface area contributed by atoms with Gasteiger partial charge in [-0.15, -0.1) is 0 Å². The Morgan fingerprint density at radius 1 is 1.06 bits per heavy atom. The smallest absolute Gasteiger partial charge is 0.227 e. The lowest BCUT2D eigenvalue weighted by atomic mass is 10.2. The van der Waals surface area contributed by atoms with Crippen molar-refractivity contribution in [2.45, 2.75) is 44.4 Å². The van der Waals surface area contributed by atoms with Crippen LogP contribution in [-0.2, 0) is 0 Å². The number of anilines is 2. The highest BCUT2D eigenvalue weighted by Gasteiger charge is 2.29. The van der Waals surface area contributed by atoms with Crippen molar-refractivity contribution in [2.75, 3.05) is 23.7 Å². The van der Waals surface area contributed by atoms with Crippen LogP contribution in [0.2, 0.25) is 0 Å². The average Bonchev–Trinajstić information content (AvgIpc) is 3.17. The zero-order chi connectivity index (χ0) is 12.5. The fraction of sp³-hybridized carbons (Fsp3) is 0.692. The highest BCUT2D eigenvalue weighted by molar-refractivity contribution is 9.10. The Bertz CT molecular complexity index is 437.